The van der Waals surface area contributed by atoms with Crippen molar-refractivity contribution in [3.05, 3.63) is 0 Å². The van der Waals surface area contributed by atoms with Gasteiger partial charge in [0.15, 0.2) is 0 Å². The summed E-state index contributed by atoms with van der Waals surface area (Å²) >= 11 is 0. The highest BCUT2D eigenvalue weighted by Crippen LogP contribution is 2.15. The molecule has 0 aromatic carbocycles. The molecule has 54 valence electrons. The first-order valence-electron chi connectivity index (χ1n) is 2.98. The summed E-state index contributed by atoms with van der Waals surface area (Å²) in [5.41, 5.74) is 0. The standard InChI is InChI=1S/C5H11O3P/c1-2-3-5(6)4-9(7)8/h5-6H,2-4H2,1H3/p+1. The minimum absolute atomic E-state index is 0.0170. The molecule has 0 heterocycles. The van der Waals surface area contributed by atoms with E-state index in [1.54, 1.807) is 0 Å². The molecule has 0 aromatic heterocycles. The summed E-state index contributed by atoms with van der Waals surface area (Å²) in [4.78, 5) is 8.30. The first-order valence-corrected chi connectivity index (χ1v) is 4.38. The lowest BCUT2D eigenvalue weighted by Crippen LogP contribution is -2.08. The molecule has 9 heavy (non-hydrogen) atoms. The van der Waals surface area contributed by atoms with E-state index in [0.29, 0.717) is 6.42 Å². The van der Waals surface area contributed by atoms with Crippen LogP contribution in [0, 0.1) is 0 Å². The lowest BCUT2D eigenvalue weighted by Gasteiger charge is -1.97. The zero-order valence-electron chi connectivity index (χ0n) is 5.45. The van der Waals surface area contributed by atoms with Crippen LogP contribution >= 0.6 is 8.03 Å². The van der Waals surface area contributed by atoms with Crippen LogP contribution in [-0.4, -0.2) is 22.3 Å². The van der Waals surface area contributed by atoms with Crippen LogP contribution in [0.1, 0.15) is 19.8 Å². The second-order valence-corrected chi connectivity index (χ2v) is 3.05. The van der Waals surface area contributed by atoms with E-state index in [0.717, 1.165) is 6.42 Å². The largest absolute Gasteiger partial charge is 0.508 e. The van der Waals surface area contributed by atoms with Crippen LogP contribution in [0.25, 0.3) is 0 Å². The van der Waals surface area contributed by atoms with Gasteiger partial charge in [-0.3, -0.25) is 0 Å². The van der Waals surface area contributed by atoms with Gasteiger partial charge < -0.3 is 5.11 Å². The molecule has 0 rings (SSSR count). The molecule has 0 spiro atoms. The quantitative estimate of drug-likeness (QED) is 0.586. The van der Waals surface area contributed by atoms with Crippen molar-refractivity contribution in [2.24, 2.45) is 0 Å². The molecule has 0 saturated heterocycles. The first kappa shape index (κ1) is 9.02. The average Bonchev–Trinajstić information content (AvgIpc) is 1.63. The van der Waals surface area contributed by atoms with Crippen LogP contribution in [0.15, 0.2) is 0 Å². The highest BCUT2D eigenvalue weighted by molar-refractivity contribution is 7.38. The van der Waals surface area contributed by atoms with Gasteiger partial charge >= 0.3 is 8.03 Å². The Kier molecular flexibility index (Phi) is 4.87. The molecule has 2 N–H and O–H groups in total. The molecule has 0 bridgehead atoms. The van der Waals surface area contributed by atoms with E-state index in [9.17, 15) is 4.57 Å². The topological polar surface area (TPSA) is 57.5 Å². The highest BCUT2D eigenvalue weighted by atomic mass is 31.1. The Morgan fingerprint density at radius 2 is 2.22 bits per heavy atom. The number of hydrogen-bond acceptors (Lipinski definition) is 2. The second-order valence-electron chi connectivity index (χ2n) is 1.98. The lowest BCUT2D eigenvalue weighted by molar-refractivity contribution is 0.184. The Morgan fingerprint density at radius 1 is 1.67 bits per heavy atom. The molecule has 0 amide bonds. The maximum absolute atomic E-state index is 10.1. The van der Waals surface area contributed by atoms with Gasteiger partial charge in [-0.1, -0.05) is 13.3 Å². The predicted molar refractivity (Wildman–Crippen MR) is 35.6 cm³/mol. The van der Waals surface area contributed by atoms with Gasteiger partial charge in [-0.2, -0.15) is 4.89 Å². The molecular formula is C5H12O3P+. The summed E-state index contributed by atoms with van der Waals surface area (Å²) in [6.45, 7) is 1.92. The van der Waals surface area contributed by atoms with Gasteiger partial charge in [0.2, 0.25) is 6.16 Å². The summed E-state index contributed by atoms with van der Waals surface area (Å²) in [5, 5.41) is 8.88. The molecule has 0 saturated carbocycles. The zero-order valence-corrected chi connectivity index (χ0v) is 6.34. The molecule has 0 aliphatic rings. The molecule has 0 aliphatic carbocycles. The van der Waals surface area contributed by atoms with E-state index in [1.165, 1.54) is 0 Å². The van der Waals surface area contributed by atoms with E-state index in [4.69, 9.17) is 10.00 Å². The minimum Gasteiger partial charge on any atom is -0.389 e. The van der Waals surface area contributed by atoms with Gasteiger partial charge in [0.25, 0.3) is 0 Å². The number of aliphatic hydroxyl groups is 1. The van der Waals surface area contributed by atoms with Crippen LogP contribution < -0.4 is 0 Å². The molecule has 4 heteroatoms. The summed E-state index contributed by atoms with van der Waals surface area (Å²) in [6.07, 6.45) is 0.887. The smallest absolute Gasteiger partial charge is 0.389 e. The van der Waals surface area contributed by atoms with Crippen molar-refractivity contribution in [2.75, 3.05) is 6.16 Å². The van der Waals surface area contributed by atoms with Crippen LogP contribution in [-0.2, 0) is 4.57 Å². The van der Waals surface area contributed by atoms with Crippen molar-refractivity contribution < 1.29 is 14.6 Å². The zero-order chi connectivity index (χ0) is 7.28. The Labute approximate surface area is 55.6 Å². The molecule has 2 atom stereocenters. The monoisotopic (exact) mass is 151 g/mol. The third kappa shape index (κ3) is 5.90. The van der Waals surface area contributed by atoms with Crippen molar-refractivity contribution in [1.82, 2.24) is 0 Å². The van der Waals surface area contributed by atoms with Crippen LogP contribution in [0.5, 0.6) is 0 Å². The summed E-state index contributed by atoms with van der Waals surface area (Å²) in [6, 6.07) is 0. The van der Waals surface area contributed by atoms with Crippen molar-refractivity contribution in [1.29, 1.82) is 0 Å². The SMILES string of the molecule is CCCC(O)C[P+](=O)O. The van der Waals surface area contributed by atoms with Crippen LogP contribution in [0.3, 0.4) is 0 Å². The van der Waals surface area contributed by atoms with E-state index in [2.05, 4.69) is 0 Å². The van der Waals surface area contributed by atoms with Gasteiger partial charge in [-0.25, -0.2) is 0 Å². The van der Waals surface area contributed by atoms with Crippen molar-refractivity contribution >= 4 is 8.03 Å². The maximum Gasteiger partial charge on any atom is 0.508 e. The molecule has 0 fully saturated rings. The van der Waals surface area contributed by atoms with Gasteiger partial charge in [0, 0.05) is 0 Å². The summed E-state index contributed by atoms with van der Waals surface area (Å²) < 4.78 is 10.1. The van der Waals surface area contributed by atoms with Gasteiger partial charge in [-0.15, -0.1) is 0 Å². The van der Waals surface area contributed by atoms with Gasteiger partial charge in [-0.05, 0) is 11.0 Å². The Bertz CT molecular complexity index is 94.2. The molecule has 0 radical (unpaired) electrons. The Balaban J connectivity index is 3.26. The second kappa shape index (κ2) is 4.86. The Hall–Kier alpha value is 0.0200. The van der Waals surface area contributed by atoms with E-state index in [-0.39, 0.29) is 6.16 Å². The van der Waals surface area contributed by atoms with E-state index >= 15 is 0 Å². The number of aliphatic hydroxyl groups excluding tert-OH is 1. The lowest BCUT2D eigenvalue weighted by atomic mass is 10.2. The van der Waals surface area contributed by atoms with Crippen LogP contribution in [0.2, 0.25) is 0 Å². The van der Waals surface area contributed by atoms with Gasteiger partial charge in [0.1, 0.15) is 6.10 Å². The van der Waals surface area contributed by atoms with Crippen molar-refractivity contribution in [2.45, 2.75) is 25.9 Å². The fourth-order valence-electron chi connectivity index (χ4n) is 0.605. The van der Waals surface area contributed by atoms with Crippen molar-refractivity contribution in [3.63, 3.8) is 0 Å². The fourth-order valence-corrected chi connectivity index (χ4v) is 1.15. The predicted octanol–water partition coefficient (Wildman–Crippen LogP) is 0.882. The first-order chi connectivity index (χ1) is 4.16. The Morgan fingerprint density at radius 3 is 2.56 bits per heavy atom. The number of hydrogen-bond donors (Lipinski definition) is 2. The summed E-state index contributed by atoms with van der Waals surface area (Å²) in [7, 11) is -2.15. The molecule has 3 nitrogen and oxygen atoms in total. The normalized spacial score (nSPS) is 15.2. The molecule has 2 unspecified atom stereocenters. The van der Waals surface area contributed by atoms with Crippen molar-refractivity contribution in [3.8, 4) is 0 Å². The average molecular weight is 151 g/mol. The minimum atomic E-state index is -2.15. The molecular weight excluding hydrogens is 139 g/mol. The third-order valence-corrected chi connectivity index (χ3v) is 1.72. The fraction of sp³-hybridized carbons (Fsp3) is 1.00. The number of rotatable bonds is 4. The van der Waals surface area contributed by atoms with E-state index in [1.807, 2.05) is 6.92 Å². The summed E-state index contributed by atoms with van der Waals surface area (Å²) in [5.74, 6) is 0. The third-order valence-electron chi connectivity index (χ3n) is 0.989. The van der Waals surface area contributed by atoms with Gasteiger partial charge in [0.05, 0.1) is 0 Å². The van der Waals surface area contributed by atoms with Crippen LogP contribution in [0.4, 0.5) is 0 Å². The highest BCUT2D eigenvalue weighted by Gasteiger charge is 2.16. The maximum atomic E-state index is 10.1. The van der Waals surface area contributed by atoms with E-state index < -0.39 is 14.1 Å². The molecule has 0 aromatic rings. The molecule has 0 aliphatic heterocycles.